The Labute approximate surface area is 170 Å². The molecular weight excluding hydrogens is 370 g/mol. The summed E-state index contributed by atoms with van der Waals surface area (Å²) in [7, 11) is 1.37. The van der Waals surface area contributed by atoms with Gasteiger partial charge in [-0.05, 0) is 49.5 Å². The SMILES string of the molecule is COc1ccc(C(=O)NCC(c2ccccc2)N2CCC(C)CC2)cc1[N+](=O)[O-]. The van der Waals surface area contributed by atoms with E-state index in [2.05, 4.69) is 29.3 Å². The van der Waals surface area contributed by atoms with Gasteiger partial charge in [0.1, 0.15) is 0 Å². The first kappa shape index (κ1) is 20.8. The molecule has 0 aliphatic carbocycles. The molecule has 1 amide bonds. The normalized spacial score (nSPS) is 16.2. The zero-order chi connectivity index (χ0) is 20.8. The summed E-state index contributed by atoms with van der Waals surface area (Å²) in [4.78, 5) is 25.8. The lowest BCUT2D eigenvalue weighted by Crippen LogP contribution is -2.42. The summed E-state index contributed by atoms with van der Waals surface area (Å²) >= 11 is 0. The maximum Gasteiger partial charge on any atom is 0.311 e. The molecule has 1 saturated heterocycles. The van der Waals surface area contributed by atoms with E-state index in [1.165, 1.54) is 19.2 Å². The zero-order valence-electron chi connectivity index (χ0n) is 16.8. The molecule has 1 atom stereocenters. The summed E-state index contributed by atoms with van der Waals surface area (Å²) in [5.74, 6) is 0.523. The molecule has 1 aliphatic rings. The van der Waals surface area contributed by atoms with Gasteiger partial charge in [0.25, 0.3) is 5.91 Å². The minimum absolute atomic E-state index is 0.0703. The minimum Gasteiger partial charge on any atom is -0.490 e. The number of nitro groups is 1. The molecule has 0 spiro atoms. The van der Waals surface area contributed by atoms with Crippen molar-refractivity contribution in [3.05, 3.63) is 69.8 Å². The number of nitrogens with zero attached hydrogens (tertiary/aromatic N) is 2. The molecule has 7 nitrogen and oxygen atoms in total. The molecule has 2 aromatic rings. The Hall–Kier alpha value is -2.93. The van der Waals surface area contributed by atoms with Gasteiger partial charge in [-0.1, -0.05) is 37.3 Å². The topological polar surface area (TPSA) is 84.7 Å². The molecule has 1 heterocycles. The number of benzene rings is 2. The van der Waals surface area contributed by atoms with Crippen LogP contribution in [0, 0.1) is 16.0 Å². The minimum atomic E-state index is -0.544. The number of hydrogen-bond donors (Lipinski definition) is 1. The van der Waals surface area contributed by atoms with Crippen LogP contribution in [0.5, 0.6) is 5.75 Å². The Bertz CT molecular complexity index is 848. The maximum absolute atomic E-state index is 12.7. The molecule has 1 unspecified atom stereocenters. The van der Waals surface area contributed by atoms with Crippen LogP contribution in [0.4, 0.5) is 5.69 Å². The van der Waals surface area contributed by atoms with Crippen LogP contribution in [0.2, 0.25) is 0 Å². The molecule has 1 aliphatic heterocycles. The van der Waals surface area contributed by atoms with E-state index in [1.807, 2.05) is 18.2 Å². The highest BCUT2D eigenvalue weighted by Crippen LogP contribution is 2.28. The number of ether oxygens (including phenoxy) is 1. The van der Waals surface area contributed by atoms with Crippen molar-refractivity contribution in [1.29, 1.82) is 0 Å². The van der Waals surface area contributed by atoms with Crippen LogP contribution in [0.1, 0.15) is 41.7 Å². The maximum atomic E-state index is 12.7. The van der Waals surface area contributed by atoms with Crippen LogP contribution >= 0.6 is 0 Å². The molecule has 1 N–H and O–H groups in total. The lowest BCUT2D eigenvalue weighted by atomic mass is 9.95. The van der Waals surface area contributed by atoms with Gasteiger partial charge in [0.2, 0.25) is 0 Å². The van der Waals surface area contributed by atoms with Gasteiger partial charge in [-0.15, -0.1) is 0 Å². The first-order chi connectivity index (χ1) is 14.0. The Morgan fingerprint density at radius 2 is 1.93 bits per heavy atom. The van der Waals surface area contributed by atoms with Crippen molar-refractivity contribution in [2.45, 2.75) is 25.8 Å². The molecular formula is C22H27N3O4. The summed E-state index contributed by atoms with van der Waals surface area (Å²) in [6, 6.07) is 14.5. The number of hydrogen-bond acceptors (Lipinski definition) is 5. The summed E-state index contributed by atoms with van der Waals surface area (Å²) < 4.78 is 5.01. The lowest BCUT2D eigenvalue weighted by molar-refractivity contribution is -0.385. The van der Waals surface area contributed by atoms with E-state index < -0.39 is 4.92 Å². The van der Waals surface area contributed by atoms with E-state index in [-0.39, 0.29) is 28.9 Å². The average molecular weight is 397 g/mol. The molecule has 0 saturated carbocycles. The van der Waals surface area contributed by atoms with Gasteiger partial charge < -0.3 is 10.1 Å². The standard InChI is InChI=1S/C22H27N3O4/c1-16-10-12-24(13-11-16)20(17-6-4-3-5-7-17)15-23-22(26)18-8-9-21(29-2)19(14-18)25(27)28/h3-9,14,16,20H,10-13,15H2,1-2H3,(H,23,26). The number of likely N-dealkylation sites (tertiary alicyclic amines) is 1. The zero-order valence-corrected chi connectivity index (χ0v) is 16.8. The molecule has 29 heavy (non-hydrogen) atoms. The van der Waals surface area contributed by atoms with E-state index in [9.17, 15) is 14.9 Å². The van der Waals surface area contributed by atoms with Gasteiger partial charge in [-0.2, -0.15) is 0 Å². The van der Waals surface area contributed by atoms with Crippen molar-refractivity contribution in [2.24, 2.45) is 5.92 Å². The second-order valence-electron chi connectivity index (χ2n) is 7.50. The molecule has 1 fully saturated rings. The van der Waals surface area contributed by atoms with Crippen molar-refractivity contribution in [2.75, 3.05) is 26.7 Å². The molecule has 3 rings (SSSR count). The number of carbonyl (C=O) groups is 1. The monoisotopic (exact) mass is 397 g/mol. The van der Waals surface area contributed by atoms with Gasteiger partial charge >= 0.3 is 5.69 Å². The van der Waals surface area contributed by atoms with E-state index in [4.69, 9.17) is 4.74 Å². The highest BCUT2D eigenvalue weighted by molar-refractivity contribution is 5.95. The summed E-state index contributed by atoms with van der Waals surface area (Å²) in [6.07, 6.45) is 2.28. The van der Waals surface area contributed by atoms with Crippen LogP contribution in [-0.4, -0.2) is 42.5 Å². The number of rotatable bonds is 7. The van der Waals surface area contributed by atoms with Crippen molar-refractivity contribution in [1.82, 2.24) is 10.2 Å². The number of nitro benzene ring substituents is 1. The average Bonchev–Trinajstić information content (AvgIpc) is 2.75. The highest BCUT2D eigenvalue weighted by atomic mass is 16.6. The fourth-order valence-electron chi connectivity index (χ4n) is 3.74. The first-order valence-electron chi connectivity index (χ1n) is 9.89. The van der Waals surface area contributed by atoms with Crippen LogP contribution in [0.3, 0.4) is 0 Å². The summed E-state index contributed by atoms with van der Waals surface area (Å²) in [5.41, 5.74) is 1.18. The fraction of sp³-hybridized carbons (Fsp3) is 0.409. The van der Waals surface area contributed by atoms with Gasteiger partial charge in [0.05, 0.1) is 18.1 Å². The van der Waals surface area contributed by atoms with Gasteiger partial charge in [0, 0.05) is 18.2 Å². The third-order valence-electron chi connectivity index (χ3n) is 5.54. The predicted octanol–water partition coefficient (Wildman–Crippen LogP) is 3.81. The van der Waals surface area contributed by atoms with Gasteiger partial charge in [-0.25, -0.2) is 0 Å². The van der Waals surface area contributed by atoms with Crippen molar-refractivity contribution in [3.63, 3.8) is 0 Å². The first-order valence-corrected chi connectivity index (χ1v) is 9.89. The smallest absolute Gasteiger partial charge is 0.311 e. The quantitative estimate of drug-likeness (QED) is 0.567. The molecule has 7 heteroatoms. The number of methoxy groups -OCH3 is 1. The molecule has 154 valence electrons. The van der Waals surface area contributed by atoms with Crippen molar-refractivity contribution >= 4 is 11.6 Å². The molecule has 0 bridgehead atoms. The Balaban J connectivity index is 1.74. The number of amides is 1. The Morgan fingerprint density at radius 3 is 2.55 bits per heavy atom. The predicted molar refractivity (Wildman–Crippen MR) is 111 cm³/mol. The summed E-state index contributed by atoms with van der Waals surface area (Å²) in [5, 5.41) is 14.2. The highest BCUT2D eigenvalue weighted by Gasteiger charge is 2.25. The van der Waals surface area contributed by atoms with Crippen LogP contribution < -0.4 is 10.1 Å². The van der Waals surface area contributed by atoms with Crippen molar-refractivity contribution in [3.8, 4) is 5.75 Å². The van der Waals surface area contributed by atoms with Crippen molar-refractivity contribution < 1.29 is 14.5 Å². The van der Waals surface area contributed by atoms with E-state index >= 15 is 0 Å². The number of piperidine rings is 1. The van der Waals surface area contributed by atoms with E-state index in [0.717, 1.165) is 37.4 Å². The number of carbonyl (C=O) groups excluding carboxylic acids is 1. The number of nitrogens with one attached hydrogen (secondary N) is 1. The largest absolute Gasteiger partial charge is 0.490 e. The van der Waals surface area contributed by atoms with Crippen LogP contribution in [0.25, 0.3) is 0 Å². The van der Waals surface area contributed by atoms with Gasteiger partial charge in [-0.3, -0.25) is 19.8 Å². The summed E-state index contributed by atoms with van der Waals surface area (Å²) in [6.45, 7) is 4.69. The molecule has 0 radical (unpaired) electrons. The third kappa shape index (κ3) is 5.12. The van der Waals surface area contributed by atoms with Crippen LogP contribution in [0.15, 0.2) is 48.5 Å². The second-order valence-corrected chi connectivity index (χ2v) is 7.50. The van der Waals surface area contributed by atoms with E-state index in [0.29, 0.717) is 6.54 Å². The third-order valence-corrected chi connectivity index (χ3v) is 5.54. The Morgan fingerprint density at radius 1 is 1.24 bits per heavy atom. The molecule has 0 aromatic heterocycles. The fourth-order valence-corrected chi connectivity index (χ4v) is 3.74. The molecule has 2 aromatic carbocycles. The van der Waals surface area contributed by atoms with E-state index in [1.54, 1.807) is 6.07 Å². The second kappa shape index (κ2) is 9.52. The Kier molecular flexibility index (Phi) is 6.82. The van der Waals surface area contributed by atoms with Gasteiger partial charge in [0.15, 0.2) is 5.75 Å². The van der Waals surface area contributed by atoms with Crippen LogP contribution in [-0.2, 0) is 0 Å². The lowest BCUT2D eigenvalue weighted by Gasteiger charge is -2.37.